The van der Waals surface area contributed by atoms with Crippen molar-refractivity contribution in [1.29, 1.82) is 0 Å². The smallest absolute Gasteiger partial charge is 0.481 e. The molecule has 24 nitrogen and oxygen atoms in total. The highest BCUT2D eigenvalue weighted by Crippen LogP contribution is 2.61. The molecule has 0 aromatic carbocycles. The predicted octanol–water partition coefficient (Wildman–Crippen LogP) is -3.63. The van der Waals surface area contributed by atoms with Gasteiger partial charge in [0.1, 0.15) is 42.4 Å². The molecule has 27 heteroatoms. The molecule has 2 aliphatic rings. The van der Waals surface area contributed by atoms with E-state index in [-0.39, 0.29) is 22.5 Å². The number of aliphatic hydroxyl groups is 3. The van der Waals surface area contributed by atoms with Crippen LogP contribution in [0, 0.1) is 0 Å². The van der Waals surface area contributed by atoms with Crippen molar-refractivity contribution in [1.82, 2.24) is 19.5 Å². The van der Waals surface area contributed by atoms with Crippen LogP contribution in [0.3, 0.4) is 0 Å². The highest BCUT2D eigenvalue weighted by atomic mass is 31.3. The van der Waals surface area contributed by atoms with Crippen molar-refractivity contribution in [3.05, 3.63) is 42.7 Å². The number of carboxylic acid groups (broad SMARTS) is 1. The lowest BCUT2D eigenvalue weighted by molar-refractivity contribution is -0.765. The first-order chi connectivity index (χ1) is 22.4. The molecule has 0 saturated carbocycles. The number of carboxylic acids is 1. The minimum absolute atomic E-state index is 0.00464. The fourth-order valence-electron chi connectivity index (χ4n) is 4.81. The second-order valence-corrected chi connectivity index (χ2v) is 14.4. The van der Waals surface area contributed by atoms with E-state index in [0.717, 1.165) is 28.0 Å². The lowest BCUT2D eigenvalue weighted by Crippen LogP contribution is -2.46. The summed E-state index contributed by atoms with van der Waals surface area (Å²) in [6.45, 7) is -2.08. The van der Waals surface area contributed by atoms with Gasteiger partial charge in [-0.1, -0.05) is 0 Å². The van der Waals surface area contributed by atoms with Gasteiger partial charge >= 0.3 is 23.5 Å². The third-order valence-corrected chi connectivity index (χ3v) is 10.1. The van der Waals surface area contributed by atoms with Gasteiger partial charge in [0.25, 0.3) is 6.23 Å². The Morgan fingerprint density at radius 3 is 2.25 bits per heavy atom. The molecule has 0 bridgehead atoms. The van der Waals surface area contributed by atoms with E-state index in [1.807, 2.05) is 0 Å². The Morgan fingerprint density at radius 2 is 1.62 bits per heavy atom. The van der Waals surface area contributed by atoms with Crippen molar-refractivity contribution in [2.45, 2.75) is 49.1 Å². The van der Waals surface area contributed by atoms with Gasteiger partial charge in [-0.05, 0) is 6.07 Å². The fraction of sp³-hybridized carbons (Fsp3) is 0.476. The van der Waals surface area contributed by atoms with Crippen molar-refractivity contribution in [2.24, 2.45) is 0 Å². The van der Waals surface area contributed by atoms with Gasteiger partial charge in [-0.2, -0.15) is 8.88 Å². The number of ether oxygens (including phenoxy) is 2. The maximum Gasteiger partial charge on any atom is 0.481 e. The average Bonchev–Trinajstić information content (AvgIpc) is 3.64. The zero-order chi connectivity index (χ0) is 35.2. The van der Waals surface area contributed by atoms with Crippen LogP contribution in [0.4, 0.5) is 5.82 Å². The Bertz CT molecular complexity index is 1810. The van der Waals surface area contributed by atoms with E-state index >= 15 is 0 Å². The number of aromatic carboxylic acids is 1. The van der Waals surface area contributed by atoms with Gasteiger partial charge in [-0.3, -0.25) is 18.1 Å². The fourth-order valence-corrected chi connectivity index (χ4v) is 7.44. The van der Waals surface area contributed by atoms with Crippen molar-refractivity contribution in [3.8, 4) is 0 Å². The molecule has 3 aromatic rings. The molecule has 4 unspecified atom stereocenters. The number of rotatable bonds is 13. The molecule has 48 heavy (non-hydrogen) atoms. The Morgan fingerprint density at radius 1 is 0.979 bits per heavy atom. The highest BCUT2D eigenvalue weighted by Gasteiger charge is 2.51. The molecule has 10 atom stereocenters. The predicted molar refractivity (Wildman–Crippen MR) is 146 cm³/mol. The number of phosphoric ester groups is 3. The zero-order valence-electron chi connectivity index (χ0n) is 23.8. The number of aliphatic hydroxyl groups excluding tert-OH is 3. The van der Waals surface area contributed by atoms with Gasteiger partial charge in [0.05, 0.1) is 31.1 Å². The summed E-state index contributed by atoms with van der Waals surface area (Å²) >= 11 is 0. The van der Waals surface area contributed by atoms with Crippen LogP contribution in [-0.2, 0) is 41.1 Å². The van der Waals surface area contributed by atoms with Gasteiger partial charge in [-0.15, -0.1) is 0 Å². The lowest BCUT2D eigenvalue weighted by atomic mass is 10.1. The van der Waals surface area contributed by atoms with Gasteiger partial charge < -0.3 is 60.0 Å². The number of pyridine rings is 1. The van der Waals surface area contributed by atoms with Crippen molar-refractivity contribution < 1.29 is 90.4 Å². The normalized spacial score (nSPS) is 30.3. The van der Waals surface area contributed by atoms with Gasteiger partial charge in [0, 0.05) is 6.07 Å². The number of hydrogen-bond donors (Lipinski definition) is 8. The monoisotopic (exact) mass is 744 g/mol. The summed E-state index contributed by atoms with van der Waals surface area (Å²) in [6, 6.07) is 2.48. The van der Waals surface area contributed by atoms with Gasteiger partial charge in [0.15, 0.2) is 36.2 Å². The molecule has 0 radical (unpaired) electrons. The largest absolute Gasteiger partial charge is 0.545 e. The van der Waals surface area contributed by atoms with Crippen LogP contribution in [0.2, 0.25) is 0 Å². The number of fused-ring (bicyclic) bond motifs is 1. The maximum atomic E-state index is 12.5. The molecule has 5 rings (SSSR count). The van der Waals surface area contributed by atoms with E-state index in [1.54, 1.807) is 0 Å². The van der Waals surface area contributed by atoms with E-state index < -0.39 is 91.7 Å². The summed E-state index contributed by atoms with van der Waals surface area (Å²) in [5, 5.41) is 42.6. The van der Waals surface area contributed by atoms with Crippen LogP contribution in [0.1, 0.15) is 22.8 Å². The Hall–Kier alpha value is -2.86. The summed E-state index contributed by atoms with van der Waals surface area (Å²) in [5.41, 5.74) is 5.51. The molecular weight excluding hydrogens is 717 g/mol. The number of aromatic nitrogens is 5. The minimum Gasteiger partial charge on any atom is -0.545 e. The standard InChI is InChI=1S/C21H27N6O18P3/c22-17-12-18(24-7-23-17)27(8-25-12)20-16(44-46(33,34)35)14(29)11(43-20)6-41-48(38,39)45-47(36,37)40-5-10-13(28)15(30)19(42-10)26-3-1-2-9(4-26)21(31)32/h1-4,7-8,10-11,13-16,19-20,28-30H,5-6H2,(H6-,22,23,24,31,32,33,34,35,36,37,38,39)/t10?,11-,13-,14-,15-,16-,19?,20-/m1/s1. The summed E-state index contributed by atoms with van der Waals surface area (Å²) in [4.78, 5) is 61.8. The molecule has 0 aliphatic carbocycles. The first-order valence-corrected chi connectivity index (χ1v) is 17.8. The molecule has 0 spiro atoms. The Labute approximate surface area is 267 Å². The van der Waals surface area contributed by atoms with E-state index in [2.05, 4.69) is 32.8 Å². The van der Waals surface area contributed by atoms with Gasteiger partial charge in [0.2, 0.25) is 0 Å². The number of nitrogens with two attached hydrogens (primary N) is 1. The van der Waals surface area contributed by atoms with Gasteiger partial charge in [-0.25, -0.2) is 28.6 Å². The molecule has 264 valence electrons. The number of imidazole rings is 1. The van der Waals surface area contributed by atoms with Crippen LogP contribution < -0.4 is 15.4 Å². The Kier molecular flexibility index (Phi) is 10.5. The second-order valence-electron chi connectivity index (χ2n) is 10.2. The first-order valence-electron chi connectivity index (χ1n) is 13.3. The maximum absolute atomic E-state index is 12.5. The van der Waals surface area contributed by atoms with Crippen LogP contribution in [-0.4, -0.2) is 110 Å². The topological polar surface area (TPSA) is 362 Å². The molecule has 2 aliphatic heterocycles. The molecule has 2 saturated heterocycles. The number of carbonyl (C=O) groups excluding carboxylic acids is 1. The van der Waals surface area contributed by atoms with Crippen molar-refractivity contribution in [3.63, 3.8) is 0 Å². The average molecular weight is 744 g/mol. The molecule has 0 amide bonds. The summed E-state index contributed by atoms with van der Waals surface area (Å²) < 4.78 is 68.1. The highest BCUT2D eigenvalue weighted by molar-refractivity contribution is 7.61. The minimum atomic E-state index is -5.54. The number of hydrogen-bond acceptors (Lipinski definition) is 18. The summed E-state index contributed by atoms with van der Waals surface area (Å²) in [7, 11) is -16.3. The number of nitrogen functional groups attached to an aromatic ring is 1. The third kappa shape index (κ3) is 8.12. The quantitative estimate of drug-likeness (QED) is 0.0618. The number of carbonyl (C=O) groups is 1. The van der Waals surface area contributed by atoms with Crippen LogP contribution in [0.15, 0.2) is 37.2 Å². The molecule has 2 fully saturated rings. The van der Waals surface area contributed by atoms with Crippen LogP contribution in [0.25, 0.3) is 11.2 Å². The Balaban J connectivity index is 1.21. The van der Waals surface area contributed by atoms with Crippen molar-refractivity contribution >= 4 is 46.4 Å². The zero-order valence-corrected chi connectivity index (χ0v) is 26.5. The van der Waals surface area contributed by atoms with E-state index in [9.17, 15) is 58.5 Å². The number of nitrogens with zero attached hydrogens (tertiary/aromatic N) is 5. The van der Waals surface area contributed by atoms with E-state index in [1.165, 1.54) is 18.3 Å². The number of anilines is 1. The SMILES string of the molecule is Nc1ncnc2c1ncn2[C@@H]1O[C@H](COP(=O)(O)OP(=O)(O)OCC2OC([n+]3cccc(C(=O)[O-])c3)[C@H](O)[C@@H]2O)[C@@H](O)[C@H]1OP(=O)(O)O. The third-order valence-electron chi connectivity index (χ3n) is 6.93. The molecule has 3 aromatic heterocycles. The summed E-state index contributed by atoms with van der Waals surface area (Å²) in [6.07, 6.45) is -8.95. The molecule has 9 N–H and O–H groups in total. The number of phosphoric acid groups is 3. The van der Waals surface area contributed by atoms with E-state index in [0.29, 0.717) is 0 Å². The van der Waals surface area contributed by atoms with E-state index in [4.69, 9.17) is 15.2 Å². The summed E-state index contributed by atoms with van der Waals surface area (Å²) in [5.74, 6) is -1.60. The van der Waals surface area contributed by atoms with Crippen LogP contribution in [0.5, 0.6) is 0 Å². The molecule has 5 heterocycles. The van der Waals surface area contributed by atoms with Crippen LogP contribution >= 0.6 is 23.5 Å². The molecular formula is C21H27N6O18P3. The van der Waals surface area contributed by atoms with Crippen molar-refractivity contribution in [2.75, 3.05) is 18.9 Å². The first kappa shape index (κ1) is 36.4. The lowest BCUT2D eigenvalue weighted by Gasteiger charge is -2.22. The second kappa shape index (κ2) is 13.8.